The number of aromatic hydroxyl groups is 1. The Morgan fingerprint density at radius 3 is 2.60 bits per heavy atom. The molecular formula is C20H16N2O3. The minimum atomic E-state index is -0.361. The first-order valence-corrected chi connectivity index (χ1v) is 7.81. The summed E-state index contributed by atoms with van der Waals surface area (Å²) in [4.78, 5) is 11.7. The number of nitrogens with zero attached hydrogens (tertiary/aromatic N) is 2. The molecule has 3 rings (SSSR count). The fraction of sp³-hybridized carbons (Fsp3) is 0.100. The van der Waals surface area contributed by atoms with Crippen LogP contribution in [0.25, 0.3) is 16.8 Å². The van der Waals surface area contributed by atoms with Gasteiger partial charge in [-0.15, -0.1) is 0 Å². The van der Waals surface area contributed by atoms with E-state index in [-0.39, 0.29) is 11.7 Å². The van der Waals surface area contributed by atoms with Gasteiger partial charge in [-0.25, -0.2) is 4.79 Å². The molecule has 25 heavy (non-hydrogen) atoms. The molecule has 0 radical (unpaired) electrons. The number of carbonyl (C=O) groups is 1. The van der Waals surface area contributed by atoms with Crippen molar-refractivity contribution >= 4 is 5.97 Å². The number of phenols is 1. The van der Waals surface area contributed by atoms with E-state index in [1.807, 2.05) is 16.8 Å². The van der Waals surface area contributed by atoms with Gasteiger partial charge in [0.2, 0.25) is 0 Å². The molecule has 2 aromatic carbocycles. The number of hydrogen-bond donors (Lipinski definition) is 1. The van der Waals surface area contributed by atoms with E-state index in [4.69, 9.17) is 4.74 Å². The summed E-state index contributed by atoms with van der Waals surface area (Å²) >= 11 is 0. The molecule has 124 valence electrons. The Kier molecular flexibility index (Phi) is 4.53. The van der Waals surface area contributed by atoms with Gasteiger partial charge in [-0.1, -0.05) is 12.1 Å². The van der Waals surface area contributed by atoms with Gasteiger partial charge in [-0.05, 0) is 48.9 Å². The third kappa shape index (κ3) is 3.38. The van der Waals surface area contributed by atoms with Crippen molar-refractivity contribution < 1.29 is 14.6 Å². The summed E-state index contributed by atoms with van der Waals surface area (Å²) in [6.45, 7) is 2.09. The van der Waals surface area contributed by atoms with Crippen molar-refractivity contribution in [3.8, 4) is 28.6 Å². The second kappa shape index (κ2) is 6.93. The van der Waals surface area contributed by atoms with Crippen LogP contribution >= 0.6 is 0 Å². The van der Waals surface area contributed by atoms with Crippen molar-refractivity contribution in [2.75, 3.05) is 6.61 Å². The fourth-order valence-electron chi connectivity index (χ4n) is 2.58. The lowest BCUT2D eigenvalue weighted by Gasteiger charge is -2.05. The Morgan fingerprint density at radius 2 is 1.96 bits per heavy atom. The molecule has 0 aliphatic rings. The molecule has 0 atom stereocenters. The van der Waals surface area contributed by atoms with Gasteiger partial charge in [-0.3, -0.25) is 0 Å². The molecule has 0 spiro atoms. The lowest BCUT2D eigenvalue weighted by Crippen LogP contribution is -2.04. The Hall–Kier alpha value is -3.52. The van der Waals surface area contributed by atoms with Gasteiger partial charge in [-0.2, -0.15) is 5.26 Å². The zero-order chi connectivity index (χ0) is 17.8. The Labute approximate surface area is 145 Å². The second-order valence-corrected chi connectivity index (χ2v) is 5.42. The average molecular weight is 332 g/mol. The van der Waals surface area contributed by atoms with Gasteiger partial charge in [0, 0.05) is 23.6 Å². The molecule has 5 heteroatoms. The van der Waals surface area contributed by atoms with E-state index in [1.165, 1.54) is 0 Å². The van der Waals surface area contributed by atoms with Crippen molar-refractivity contribution in [2.24, 2.45) is 0 Å². The van der Waals surface area contributed by atoms with Gasteiger partial charge in [0.15, 0.2) is 0 Å². The van der Waals surface area contributed by atoms with Gasteiger partial charge >= 0.3 is 5.97 Å². The number of esters is 1. The SMILES string of the molecule is CCOC(=O)c1ccc(-n2cc(C#N)c(-c3cccc(O)c3)c2)cc1. The second-order valence-electron chi connectivity index (χ2n) is 5.42. The van der Waals surface area contributed by atoms with Crippen LogP contribution in [0.5, 0.6) is 5.75 Å². The van der Waals surface area contributed by atoms with Crippen LogP contribution in [-0.2, 0) is 4.74 Å². The van der Waals surface area contributed by atoms with Gasteiger partial charge in [0.1, 0.15) is 11.8 Å². The molecule has 0 bridgehead atoms. The first-order valence-electron chi connectivity index (χ1n) is 7.81. The maximum atomic E-state index is 11.7. The third-order valence-electron chi connectivity index (χ3n) is 3.78. The van der Waals surface area contributed by atoms with Crippen LogP contribution in [0, 0.1) is 11.3 Å². The topological polar surface area (TPSA) is 75.2 Å². The molecule has 0 fully saturated rings. The van der Waals surface area contributed by atoms with Crippen LogP contribution in [0.2, 0.25) is 0 Å². The zero-order valence-corrected chi connectivity index (χ0v) is 13.6. The first kappa shape index (κ1) is 16.3. The van der Waals surface area contributed by atoms with Crippen molar-refractivity contribution in [1.82, 2.24) is 4.57 Å². The van der Waals surface area contributed by atoms with Crippen molar-refractivity contribution in [3.63, 3.8) is 0 Å². The predicted octanol–water partition coefficient (Wildman–Crippen LogP) is 3.90. The van der Waals surface area contributed by atoms with E-state index in [1.54, 1.807) is 55.6 Å². The Balaban J connectivity index is 1.96. The summed E-state index contributed by atoms with van der Waals surface area (Å²) in [5.41, 5.74) is 3.29. The van der Waals surface area contributed by atoms with Crippen LogP contribution in [0.15, 0.2) is 60.9 Å². The summed E-state index contributed by atoms with van der Waals surface area (Å²) in [5.74, 6) is -0.215. The highest BCUT2D eigenvalue weighted by atomic mass is 16.5. The smallest absolute Gasteiger partial charge is 0.338 e. The Morgan fingerprint density at radius 1 is 1.20 bits per heavy atom. The van der Waals surface area contributed by atoms with Crippen molar-refractivity contribution in [3.05, 3.63) is 72.1 Å². The predicted molar refractivity (Wildman–Crippen MR) is 93.5 cm³/mol. The Bertz CT molecular complexity index is 950. The molecule has 3 aromatic rings. The minimum absolute atomic E-state index is 0.146. The van der Waals surface area contributed by atoms with Gasteiger partial charge < -0.3 is 14.4 Å². The van der Waals surface area contributed by atoms with Crippen LogP contribution < -0.4 is 0 Å². The largest absolute Gasteiger partial charge is 0.508 e. The lowest BCUT2D eigenvalue weighted by molar-refractivity contribution is 0.0526. The number of rotatable bonds is 4. The number of benzene rings is 2. The minimum Gasteiger partial charge on any atom is -0.508 e. The molecule has 1 N–H and O–H groups in total. The van der Waals surface area contributed by atoms with E-state index in [0.717, 1.165) is 16.8 Å². The number of phenolic OH excluding ortho intramolecular Hbond substituents is 1. The molecule has 0 aliphatic carbocycles. The molecule has 5 nitrogen and oxygen atoms in total. The zero-order valence-electron chi connectivity index (χ0n) is 13.6. The van der Waals surface area contributed by atoms with E-state index >= 15 is 0 Å². The van der Waals surface area contributed by atoms with Crippen LogP contribution in [-0.4, -0.2) is 22.2 Å². The molecule has 0 saturated carbocycles. The number of carbonyl (C=O) groups excluding carboxylic acids is 1. The fourth-order valence-corrected chi connectivity index (χ4v) is 2.58. The highest BCUT2D eigenvalue weighted by molar-refractivity contribution is 5.89. The number of hydrogen-bond acceptors (Lipinski definition) is 4. The summed E-state index contributed by atoms with van der Waals surface area (Å²) in [6, 6.07) is 15.9. The molecular weight excluding hydrogens is 316 g/mol. The van der Waals surface area contributed by atoms with Crippen molar-refractivity contribution in [1.29, 1.82) is 5.26 Å². The normalized spacial score (nSPS) is 10.2. The van der Waals surface area contributed by atoms with Gasteiger partial charge in [0.25, 0.3) is 0 Å². The monoisotopic (exact) mass is 332 g/mol. The molecule has 0 saturated heterocycles. The number of ether oxygens (including phenoxy) is 1. The van der Waals surface area contributed by atoms with Gasteiger partial charge in [0.05, 0.1) is 17.7 Å². The van der Waals surface area contributed by atoms with E-state index < -0.39 is 0 Å². The quantitative estimate of drug-likeness (QED) is 0.735. The molecule has 0 amide bonds. The number of aromatic nitrogens is 1. The van der Waals surface area contributed by atoms with Crippen molar-refractivity contribution in [2.45, 2.75) is 6.92 Å². The third-order valence-corrected chi connectivity index (χ3v) is 3.78. The van der Waals surface area contributed by atoms with Crippen LogP contribution in [0.1, 0.15) is 22.8 Å². The summed E-state index contributed by atoms with van der Waals surface area (Å²) in [7, 11) is 0. The van der Waals surface area contributed by atoms with E-state index in [9.17, 15) is 15.2 Å². The standard InChI is InChI=1S/C20H16N2O3/c1-2-25-20(24)14-6-8-17(9-7-14)22-12-16(11-21)19(13-22)15-4-3-5-18(23)10-15/h3-10,12-13,23H,2H2,1H3. The van der Waals surface area contributed by atoms with E-state index in [0.29, 0.717) is 17.7 Å². The van der Waals surface area contributed by atoms with Crippen LogP contribution in [0.4, 0.5) is 0 Å². The molecule has 0 unspecified atom stereocenters. The highest BCUT2D eigenvalue weighted by Gasteiger charge is 2.11. The number of nitriles is 1. The highest BCUT2D eigenvalue weighted by Crippen LogP contribution is 2.28. The average Bonchev–Trinajstić information content (AvgIpc) is 3.06. The molecule has 1 aromatic heterocycles. The van der Waals surface area contributed by atoms with Crippen LogP contribution in [0.3, 0.4) is 0 Å². The molecule has 0 aliphatic heterocycles. The summed E-state index contributed by atoms with van der Waals surface area (Å²) in [6.07, 6.45) is 3.55. The van der Waals surface area contributed by atoms with E-state index in [2.05, 4.69) is 6.07 Å². The summed E-state index contributed by atoms with van der Waals surface area (Å²) < 4.78 is 6.78. The lowest BCUT2D eigenvalue weighted by atomic mass is 10.1. The molecule has 1 heterocycles. The first-order chi connectivity index (χ1) is 12.1. The maximum Gasteiger partial charge on any atom is 0.338 e. The summed E-state index contributed by atoms with van der Waals surface area (Å²) in [5, 5.41) is 19.1. The maximum absolute atomic E-state index is 11.7.